The summed E-state index contributed by atoms with van der Waals surface area (Å²) >= 11 is 0. The van der Waals surface area contributed by atoms with Crippen LogP contribution >= 0.6 is 0 Å². The fourth-order valence-corrected chi connectivity index (χ4v) is 2.00. The summed E-state index contributed by atoms with van der Waals surface area (Å²) < 4.78 is 5.34. The highest BCUT2D eigenvalue weighted by Gasteiger charge is 2.12. The van der Waals surface area contributed by atoms with Crippen molar-refractivity contribution in [3.8, 4) is 0 Å². The molecule has 3 N–H and O–H groups in total. The number of rotatable bonds is 5. The Hall–Kier alpha value is -1.79. The van der Waals surface area contributed by atoms with Gasteiger partial charge in [-0.15, -0.1) is 0 Å². The molecule has 104 valence electrons. The number of nitrogens with zero attached hydrogens (tertiary/aromatic N) is 2. The summed E-state index contributed by atoms with van der Waals surface area (Å²) in [5, 5.41) is 3.01. The maximum absolute atomic E-state index is 5.34. The molecule has 1 aromatic rings. The van der Waals surface area contributed by atoms with Gasteiger partial charge in [0.1, 0.15) is 5.82 Å². The molecule has 0 spiro atoms. The maximum atomic E-state index is 5.34. The van der Waals surface area contributed by atoms with Gasteiger partial charge in [0.15, 0.2) is 0 Å². The number of anilines is 1. The number of ether oxygens (including phenoxy) is 1. The van der Waals surface area contributed by atoms with E-state index in [-0.39, 0.29) is 0 Å². The van der Waals surface area contributed by atoms with Crippen LogP contribution in [-0.2, 0) is 4.74 Å². The first-order valence-corrected chi connectivity index (χ1v) is 6.44. The quantitative estimate of drug-likeness (QED) is 0.658. The van der Waals surface area contributed by atoms with Crippen LogP contribution in [0.1, 0.15) is 5.56 Å². The normalized spacial score (nSPS) is 16.3. The molecule has 0 aromatic carbocycles. The highest BCUT2D eigenvalue weighted by atomic mass is 16.5. The molecule has 0 amide bonds. The van der Waals surface area contributed by atoms with Crippen molar-refractivity contribution in [2.45, 2.75) is 0 Å². The van der Waals surface area contributed by atoms with Gasteiger partial charge >= 0.3 is 0 Å². The van der Waals surface area contributed by atoms with Crippen molar-refractivity contribution in [3.05, 3.63) is 30.1 Å². The summed E-state index contributed by atoms with van der Waals surface area (Å²) in [7, 11) is 3.70. The van der Waals surface area contributed by atoms with Gasteiger partial charge in [-0.2, -0.15) is 0 Å². The van der Waals surface area contributed by atoms with Crippen LogP contribution in [0.4, 0.5) is 5.82 Å². The number of hydrogen-bond donors (Lipinski definition) is 3. The monoisotopic (exact) mass is 263 g/mol. The van der Waals surface area contributed by atoms with Crippen LogP contribution in [0.5, 0.6) is 0 Å². The van der Waals surface area contributed by atoms with Crippen molar-refractivity contribution in [3.63, 3.8) is 0 Å². The van der Waals surface area contributed by atoms with Crippen LogP contribution in [0.3, 0.4) is 0 Å². The Labute approximate surface area is 113 Å². The van der Waals surface area contributed by atoms with Crippen molar-refractivity contribution < 1.29 is 4.74 Å². The molecule has 1 fully saturated rings. The van der Waals surface area contributed by atoms with E-state index in [1.165, 1.54) is 0 Å². The summed E-state index contributed by atoms with van der Waals surface area (Å²) in [4.78, 5) is 6.76. The smallest absolute Gasteiger partial charge is 0.128 e. The summed E-state index contributed by atoms with van der Waals surface area (Å²) in [6.07, 6.45) is 3.76. The zero-order valence-corrected chi connectivity index (χ0v) is 11.4. The molecule has 2 heterocycles. The molecule has 0 atom stereocenters. The predicted octanol–water partition coefficient (Wildman–Crippen LogP) is 0.160. The first kappa shape index (κ1) is 13.6. The number of pyridine rings is 1. The topological polar surface area (TPSA) is 61.5 Å². The number of hydrogen-bond acceptors (Lipinski definition) is 6. The lowest BCUT2D eigenvalue weighted by atomic mass is 10.2. The third kappa shape index (κ3) is 3.59. The first-order valence-electron chi connectivity index (χ1n) is 6.44. The van der Waals surface area contributed by atoms with E-state index < -0.39 is 0 Å². The highest BCUT2D eigenvalue weighted by Crippen LogP contribution is 2.16. The van der Waals surface area contributed by atoms with Crippen molar-refractivity contribution in [1.29, 1.82) is 0 Å². The fourth-order valence-electron chi connectivity index (χ4n) is 2.00. The molecule has 1 aliphatic heterocycles. The average molecular weight is 263 g/mol. The van der Waals surface area contributed by atoms with Crippen LogP contribution in [-0.4, -0.2) is 45.4 Å². The van der Waals surface area contributed by atoms with E-state index >= 15 is 0 Å². The molecule has 0 radical (unpaired) electrons. The number of hydrazine groups is 1. The zero-order valence-electron chi connectivity index (χ0n) is 11.4. The van der Waals surface area contributed by atoms with Crippen LogP contribution < -0.4 is 21.1 Å². The fraction of sp³-hybridized carbons (Fsp3) is 0.462. The SMILES string of the molecule is CN/C=C(\NNC)c1ccc(N2CCOCC2)nc1. The summed E-state index contributed by atoms with van der Waals surface area (Å²) in [6, 6.07) is 4.10. The number of nitrogens with one attached hydrogen (secondary N) is 3. The Morgan fingerprint density at radius 3 is 2.68 bits per heavy atom. The van der Waals surface area contributed by atoms with Gasteiger partial charge in [0.25, 0.3) is 0 Å². The molecule has 2 rings (SSSR count). The molecule has 0 unspecified atom stereocenters. The lowest BCUT2D eigenvalue weighted by Crippen LogP contribution is -2.36. The van der Waals surface area contributed by atoms with Gasteiger partial charge in [-0.05, 0) is 12.1 Å². The second-order valence-corrected chi connectivity index (χ2v) is 4.23. The number of morpholine rings is 1. The van der Waals surface area contributed by atoms with Gasteiger partial charge in [-0.25, -0.2) is 10.4 Å². The number of aromatic nitrogens is 1. The molecule has 0 bridgehead atoms. The summed E-state index contributed by atoms with van der Waals surface area (Å²) in [5.74, 6) is 1.00. The lowest BCUT2D eigenvalue weighted by molar-refractivity contribution is 0.122. The summed E-state index contributed by atoms with van der Waals surface area (Å²) in [6.45, 7) is 3.35. The molecule has 6 heteroatoms. The van der Waals surface area contributed by atoms with Gasteiger partial charge in [0, 0.05) is 45.1 Å². The molecule has 1 saturated heterocycles. The van der Waals surface area contributed by atoms with E-state index in [1.807, 2.05) is 32.6 Å². The molecule has 1 aromatic heterocycles. The molecular weight excluding hydrogens is 242 g/mol. The second kappa shape index (κ2) is 6.96. The van der Waals surface area contributed by atoms with E-state index in [1.54, 1.807) is 0 Å². The van der Waals surface area contributed by atoms with Gasteiger partial charge < -0.3 is 20.4 Å². The third-order valence-corrected chi connectivity index (χ3v) is 2.94. The van der Waals surface area contributed by atoms with Crippen molar-refractivity contribution in [2.75, 3.05) is 45.3 Å². The first-order chi connectivity index (χ1) is 9.35. The standard InChI is InChI=1S/C13H21N5O/c1-14-10-12(17-15-2)11-3-4-13(16-9-11)18-5-7-19-8-6-18/h3-4,9-10,14-15,17H,5-8H2,1-2H3/b12-10-. The van der Waals surface area contributed by atoms with Crippen LogP contribution in [0.15, 0.2) is 24.5 Å². The highest BCUT2D eigenvalue weighted by molar-refractivity contribution is 5.63. The van der Waals surface area contributed by atoms with Crippen LogP contribution in [0, 0.1) is 0 Å². The molecule has 1 aliphatic rings. The van der Waals surface area contributed by atoms with Gasteiger partial charge in [0.2, 0.25) is 0 Å². The zero-order chi connectivity index (χ0) is 13.5. The van der Waals surface area contributed by atoms with E-state index in [9.17, 15) is 0 Å². The van der Waals surface area contributed by atoms with E-state index in [0.29, 0.717) is 0 Å². The van der Waals surface area contributed by atoms with Crippen molar-refractivity contribution >= 4 is 11.5 Å². The minimum atomic E-state index is 0.773. The van der Waals surface area contributed by atoms with Gasteiger partial charge in [0.05, 0.1) is 18.9 Å². The Morgan fingerprint density at radius 1 is 1.32 bits per heavy atom. The van der Waals surface area contributed by atoms with E-state index in [2.05, 4.69) is 32.1 Å². The Morgan fingerprint density at radius 2 is 2.11 bits per heavy atom. The largest absolute Gasteiger partial charge is 0.392 e. The van der Waals surface area contributed by atoms with E-state index in [0.717, 1.165) is 43.4 Å². The van der Waals surface area contributed by atoms with Crippen molar-refractivity contribution in [1.82, 2.24) is 21.2 Å². The average Bonchev–Trinajstić information content (AvgIpc) is 2.48. The minimum Gasteiger partial charge on any atom is -0.392 e. The van der Waals surface area contributed by atoms with Crippen LogP contribution in [0.25, 0.3) is 5.70 Å². The lowest BCUT2D eigenvalue weighted by Gasteiger charge is -2.27. The van der Waals surface area contributed by atoms with Crippen molar-refractivity contribution in [2.24, 2.45) is 0 Å². The molecule has 19 heavy (non-hydrogen) atoms. The summed E-state index contributed by atoms with van der Waals surface area (Å²) in [5.41, 5.74) is 7.97. The molecule has 0 saturated carbocycles. The second-order valence-electron chi connectivity index (χ2n) is 4.23. The van der Waals surface area contributed by atoms with Crippen LogP contribution in [0.2, 0.25) is 0 Å². The predicted molar refractivity (Wildman–Crippen MR) is 76.5 cm³/mol. The Kier molecular flexibility index (Phi) is 5.00. The van der Waals surface area contributed by atoms with E-state index in [4.69, 9.17) is 4.74 Å². The molecule has 6 nitrogen and oxygen atoms in total. The molecular formula is C13H21N5O. The van der Waals surface area contributed by atoms with Gasteiger partial charge in [-0.1, -0.05) is 0 Å². The Bertz CT molecular complexity index is 412. The maximum Gasteiger partial charge on any atom is 0.128 e. The van der Waals surface area contributed by atoms with Gasteiger partial charge in [-0.3, -0.25) is 0 Å². The third-order valence-electron chi connectivity index (χ3n) is 2.94. The minimum absolute atomic E-state index is 0.773. The Balaban J connectivity index is 2.10. The molecule has 0 aliphatic carbocycles.